The maximum Gasteiger partial charge on any atom is 0.159 e. The Morgan fingerprint density at radius 1 is 1.33 bits per heavy atom. The predicted molar refractivity (Wildman–Crippen MR) is 85.0 cm³/mol. The number of hydrogen-bond donors (Lipinski definition) is 0. The third kappa shape index (κ3) is 2.78. The largest absolute Gasteiger partial charge is 0.373 e. The van der Waals surface area contributed by atoms with Crippen molar-refractivity contribution in [3.8, 4) is 0 Å². The fourth-order valence-corrected chi connectivity index (χ4v) is 4.30. The molecule has 21 heavy (non-hydrogen) atoms. The average Bonchev–Trinajstić information content (AvgIpc) is 2.78. The second-order valence-electron chi connectivity index (χ2n) is 7.32. The van der Waals surface area contributed by atoms with E-state index in [2.05, 4.69) is 26.8 Å². The molecule has 0 bridgehead atoms. The van der Waals surface area contributed by atoms with Gasteiger partial charge in [0.2, 0.25) is 0 Å². The van der Waals surface area contributed by atoms with Gasteiger partial charge in [-0.2, -0.15) is 0 Å². The molecule has 3 rings (SSSR count). The first-order valence-corrected chi connectivity index (χ1v) is 8.15. The van der Waals surface area contributed by atoms with Gasteiger partial charge in [-0.25, -0.2) is 0 Å². The topological polar surface area (TPSA) is 26.3 Å². The van der Waals surface area contributed by atoms with Crippen molar-refractivity contribution >= 4 is 5.78 Å². The van der Waals surface area contributed by atoms with Crippen LogP contribution in [0.5, 0.6) is 0 Å². The Hall–Kier alpha value is -1.15. The van der Waals surface area contributed by atoms with Crippen molar-refractivity contribution in [3.05, 3.63) is 34.9 Å². The second-order valence-corrected chi connectivity index (χ2v) is 7.32. The van der Waals surface area contributed by atoms with Gasteiger partial charge < -0.3 is 4.74 Å². The zero-order valence-electron chi connectivity index (χ0n) is 13.4. The third-order valence-corrected chi connectivity index (χ3v) is 5.57. The van der Waals surface area contributed by atoms with Crippen molar-refractivity contribution in [2.45, 2.75) is 59.0 Å². The van der Waals surface area contributed by atoms with Crippen molar-refractivity contribution in [3.63, 3.8) is 0 Å². The maximum atomic E-state index is 11.9. The molecule has 114 valence electrons. The Balaban J connectivity index is 1.99. The highest BCUT2D eigenvalue weighted by Crippen LogP contribution is 2.54. The summed E-state index contributed by atoms with van der Waals surface area (Å²) in [5.41, 5.74) is 4.56. The van der Waals surface area contributed by atoms with Gasteiger partial charge in [-0.3, -0.25) is 4.79 Å². The van der Waals surface area contributed by atoms with Crippen LogP contribution in [0.15, 0.2) is 34.9 Å². The number of carbonyl (C=O) groups excluding carboxylic acids is 1. The minimum Gasteiger partial charge on any atom is -0.373 e. The maximum absolute atomic E-state index is 11.9. The summed E-state index contributed by atoms with van der Waals surface area (Å²) in [7, 11) is 0. The lowest BCUT2D eigenvalue weighted by atomic mass is 9.71. The lowest BCUT2D eigenvalue weighted by Gasteiger charge is -2.40. The summed E-state index contributed by atoms with van der Waals surface area (Å²) in [5.74, 6) is 0.733. The average molecular weight is 286 g/mol. The van der Waals surface area contributed by atoms with Crippen LogP contribution in [-0.2, 0) is 9.53 Å². The molecule has 0 aromatic heterocycles. The molecular formula is C19H26O2. The van der Waals surface area contributed by atoms with E-state index in [4.69, 9.17) is 4.74 Å². The van der Waals surface area contributed by atoms with E-state index in [1.807, 2.05) is 6.08 Å². The molecule has 0 amide bonds. The molecule has 1 aliphatic heterocycles. The van der Waals surface area contributed by atoms with Crippen LogP contribution in [0, 0.1) is 11.3 Å². The van der Waals surface area contributed by atoms with Crippen LogP contribution in [0.2, 0.25) is 0 Å². The monoisotopic (exact) mass is 286 g/mol. The minimum absolute atomic E-state index is 0.212. The summed E-state index contributed by atoms with van der Waals surface area (Å²) >= 11 is 0. The highest BCUT2D eigenvalue weighted by molar-refractivity contribution is 5.91. The second kappa shape index (κ2) is 5.57. The molecule has 0 saturated heterocycles. The Labute approximate surface area is 127 Å². The van der Waals surface area contributed by atoms with E-state index in [9.17, 15) is 4.79 Å². The zero-order chi connectivity index (χ0) is 15.0. The Bertz CT molecular complexity index is 538. The zero-order valence-corrected chi connectivity index (χ0v) is 13.4. The molecule has 2 heteroatoms. The molecule has 0 N–H and O–H groups in total. The fraction of sp³-hybridized carbons (Fsp3) is 0.632. The van der Waals surface area contributed by atoms with Gasteiger partial charge in [0.1, 0.15) is 0 Å². The third-order valence-electron chi connectivity index (χ3n) is 5.57. The first-order valence-electron chi connectivity index (χ1n) is 8.15. The van der Waals surface area contributed by atoms with E-state index >= 15 is 0 Å². The van der Waals surface area contributed by atoms with Crippen LogP contribution < -0.4 is 0 Å². The molecule has 0 aromatic carbocycles. The molecular weight excluding hydrogens is 260 g/mol. The first kappa shape index (κ1) is 14.8. The van der Waals surface area contributed by atoms with E-state index in [1.54, 1.807) is 11.6 Å². The van der Waals surface area contributed by atoms with Gasteiger partial charge in [0.15, 0.2) is 5.78 Å². The van der Waals surface area contributed by atoms with Crippen LogP contribution >= 0.6 is 0 Å². The van der Waals surface area contributed by atoms with Crippen LogP contribution in [0.25, 0.3) is 0 Å². The van der Waals surface area contributed by atoms with Crippen LogP contribution in [0.3, 0.4) is 0 Å². The Morgan fingerprint density at radius 3 is 2.95 bits per heavy atom. The van der Waals surface area contributed by atoms with E-state index in [-0.39, 0.29) is 17.3 Å². The molecule has 0 spiro atoms. The minimum atomic E-state index is 0.212. The quantitative estimate of drug-likeness (QED) is 0.618. The van der Waals surface area contributed by atoms with Gasteiger partial charge in [0.05, 0.1) is 12.7 Å². The van der Waals surface area contributed by atoms with Crippen LogP contribution in [0.1, 0.15) is 52.9 Å². The summed E-state index contributed by atoms with van der Waals surface area (Å²) in [5, 5.41) is 0. The van der Waals surface area contributed by atoms with E-state index in [0.29, 0.717) is 12.3 Å². The summed E-state index contributed by atoms with van der Waals surface area (Å²) < 4.78 is 6.13. The van der Waals surface area contributed by atoms with Gasteiger partial charge in [-0.1, -0.05) is 30.2 Å². The van der Waals surface area contributed by atoms with Gasteiger partial charge in [-0.15, -0.1) is 0 Å². The molecule has 2 nitrogen and oxygen atoms in total. The molecule has 2 aliphatic carbocycles. The Morgan fingerprint density at radius 2 is 2.14 bits per heavy atom. The molecule has 1 heterocycles. The molecule has 3 atom stereocenters. The smallest absolute Gasteiger partial charge is 0.159 e. The standard InChI is InChI=1S/C19H26O2/c1-13-7-9-19(3)10-8-16-14(2)12-21-17(18(16)19)6-4-5-15(20)11-13/h4-5,7,17-18H,6,8-12H2,1-3H3/b5-4+,13-7-/t17-,18+,19-/m1/s1. The van der Waals surface area contributed by atoms with E-state index in [0.717, 1.165) is 19.4 Å². The molecule has 0 unspecified atom stereocenters. The number of hydrogen-bond acceptors (Lipinski definition) is 2. The lowest BCUT2D eigenvalue weighted by Crippen LogP contribution is -2.37. The SMILES string of the molecule is CC1=C2CC[C@@]3(C)C/C=C(/C)CC(=O)/C=C/C[C@@H](OC1)[C@H]23. The van der Waals surface area contributed by atoms with E-state index < -0.39 is 0 Å². The van der Waals surface area contributed by atoms with Gasteiger partial charge in [0.25, 0.3) is 0 Å². The van der Waals surface area contributed by atoms with Gasteiger partial charge in [-0.05, 0) is 56.6 Å². The number of ketones is 1. The highest BCUT2D eigenvalue weighted by Gasteiger charge is 2.47. The molecule has 1 fully saturated rings. The summed E-state index contributed by atoms with van der Waals surface area (Å²) in [6, 6.07) is 0. The van der Waals surface area contributed by atoms with Crippen molar-refractivity contribution < 1.29 is 9.53 Å². The number of allylic oxidation sites excluding steroid dienone is 3. The molecule has 0 radical (unpaired) electrons. The number of rotatable bonds is 0. The van der Waals surface area contributed by atoms with Crippen molar-refractivity contribution in [2.75, 3.05) is 6.61 Å². The lowest BCUT2D eigenvalue weighted by molar-refractivity contribution is -0.114. The number of carbonyl (C=O) groups is 1. The summed E-state index contributed by atoms with van der Waals surface area (Å²) in [4.78, 5) is 11.9. The normalized spacial score (nSPS) is 41.1. The Kier molecular flexibility index (Phi) is 3.92. The number of ether oxygens (including phenoxy) is 1. The molecule has 1 saturated carbocycles. The first-order chi connectivity index (χ1) is 9.99. The van der Waals surface area contributed by atoms with Gasteiger partial charge >= 0.3 is 0 Å². The summed E-state index contributed by atoms with van der Waals surface area (Å²) in [6.45, 7) is 7.48. The van der Waals surface area contributed by atoms with E-state index in [1.165, 1.54) is 24.0 Å². The van der Waals surface area contributed by atoms with Gasteiger partial charge in [0, 0.05) is 12.3 Å². The predicted octanol–water partition coefficient (Wildman–Crippen LogP) is 4.37. The summed E-state index contributed by atoms with van der Waals surface area (Å²) in [6.07, 6.45) is 11.3. The molecule has 0 aromatic rings. The van der Waals surface area contributed by atoms with Crippen LogP contribution in [0.4, 0.5) is 0 Å². The van der Waals surface area contributed by atoms with Crippen LogP contribution in [-0.4, -0.2) is 18.5 Å². The van der Waals surface area contributed by atoms with Crippen molar-refractivity contribution in [2.24, 2.45) is 11.3 Å². The van der Waals surface area contributed by atoms with Crippen molar-refractivity contribution in [1.82, 2.24) is 0 Å². The van der Waals surface area contributed by atoms with Crippen molar-refractivity contribution in [1.29, 1.82) is 0 Å². The highest BCUT2D eigenvalue weighted by atomic mass is 16.5. The molecule has 3 aliphatic rings. The fourth-order valence-electron chi connectivity index (χ4n) is 4.30.